The molecule has 30 heavy (non-hydrogen) atoms. The molecule has 0 bridgehead atoms. The highest BCUT2D eigenvalue weighted by molar-refractivity contribution is 7.15. The second-order valence-corrected chi connectivity index (χ2v) is 8.94. The number of hydrogen-bond donors (Lipinski definition) is 0. The van der Waals surface area contributed by atoms with Gasteiger partial charge in [-0.3, -0.25) is 10.1 Å². The summed E-state index contributed by atoms with van der Waals surface area (Å²) in [5, 5.41) is 11.6. The number of benzene rings is 2. The van der Waals surface area contributed by atoms with E-state index in [1.165, 1.54) is 17.7 Å². The molecule has 0 aliphatic rings. The van der Waals surface area contributed by atoms with Crippen LogP contribution in [0.1, 0.15) is 49.4 Å². The van der Waals surface area contributed by atoms with Crippen molar-refractivity contribution in [3.05, 3.63) is 80.3 Å². The Bertz CT molecular complexity index is 1050. The number of nitro benzene ring substituents is 1. The minimum absolute atomic E-state index is 0.0460. The van der Waals surface area contributed by atoms with Gasteiger partial charge in [-0.2, -0.15) is 0 Å². The van der Waals surface area contributed by atoms with Gasteiger partial charge in [0.2, 0.25) is 5.13 Å². The lowest BCUT2D eigenvalue weighted by Gasteiger charge is -2.17. The van der Waals surface area contributed by atoms with Gasteiger partial charge in [0.1, 0.15) is 5.75 Å². The summed E-state index contributed by atoms with van der Waals surface area (Å²) in [4.78, 5) is 21.0. The van der Waals surface area contributed by atoms with Crippen molar-refractivity contribution in [2.75, 3.05) is 6.61 Å². The lowest BCUT2D eigenvalue weighted by atomic mass is 9.90. The predicted octanol–water partition coefficient (Wildman–Crippen LogP) is 6.09. The van der Waals surface area contributed by atoms with Crippen LogP contribution in [0.4, 0.5) is 10.8 Å². The van der Waals surface area contributed by atoms with E-state index in [1.54, 1.807) is 29.7 Å². The SMILES string of the molecule is CCOc1ccc(Cc2sc(/N=C/c3cccc([N+](=O)[O-])c3)nc2C(C)(C)C)cc1. The van der Waals surface area contributed by atoms with E-state index in [4.69, 9.17) is 9.72 Å². The monoisotopic (exact) mass is 423 g/mol. The topological polar surface area (TPSA) is 77.6 Å². The van der Waals surface area contributed by atoms with Crippen LogP contribution in [0.2, 0.25) is 0 Å². The molecule has 3 aromatic rings. The number of hydrogen-bond acceptors (Lipinski definition) is 6. The maximum absolute atomic E-state index is 11.0. The van der Waals surface area contributed by atoms with Gasteiger partial charge in [0, 0.05) is 35.1 Å². The van der Waals surface area contributed by atoms with Crippen molar-refractivity contribution < 1.29 is 9.66 Å². The Kier molecular flexibility index (Phi) is 6.62. The highest BCUT2D eigenvalue weighted by Crippen LogP contribution is 2.35. The quantitative estimate of drug-likeness (QED) is 0.262. The van der Waals surface area contributed by atoms with E-state index in [0.717, 1.165) is 22.7 Å². The Hall–Kier alpha value is -3.06. The number of non-ortho nitro benzene ring substituents is 1. The summed E-state index contributed by atoms with van der Waals surface area (Å²) in [6, 6.07) is 14.5. The second kappa shape index (κ2) is 9.17. The highest BCUT2D eigenvalue weighted by atomic mass is 32.1. The summed E-state index contributed by atoms with van der Waals surface area (Å²) in [5.41, 5.74) is 2.81. The Morgan fingerprint density at radius 3 is 2.57 bits per heavy atom. The molecule has 2 aromatic carbocycles. The fourth-order valence-corrected chi connectivity index (χ4v) is 4.15. The van der Waals surface area contributed by atoms with Crippen LogP contribution < -0.4 is 4.74 Å². The van der Waals surface area contributed by atoms with Crippen molar-refractivity contribution in [3.8, 4) is 5.75 Å². The van der Waals surface area contributed by atoms with Crippen molar-refractivity contribution in [1.82, 2.24) is 4.98 Å². The molecule has 3 rings (SSSR count). The van der Waals surface area contributed by atoms with Gasteiger partial charge in [-0.05, 0) is 30.2 Å². The number of aliphatic imine (C=N–C) groups is 1. The third kappa shape index (κ3) is 5.51. The number of rotatable bonds is 7. The van der Waals surface area contributed by atoms with Crippen molar-refractivity contribution in [2.24, 2.45) is 4.99 Å². The van der Waals surface area contributed by atoms with Crippen LogP contribution in [0, 0.1) is 10.1 Å². The van der Waals surface area contributed by atoms with Gasteiger partial charge < -0.3 is 4.74 Å². The van der Waals surface area contributed by atoms with Gasteiger partial charge >= 0.3 is 0 Å². The van der Waals surface area contributed by atoms with Gasteiger partial charge in [-0.25, -0.2) is 9.98 Å². The van der Waals surface area contributed by atoms with Gasteiger partial charge in [-0.15, -0.1) is 0 Å². The minimum atomic E-state index is -0.409. The molecule has 1 aromatic heterocycles. The maximum atomic E-state index is 11.0. The van der Waals surface area contributed by atoms with Crippen LogP contribution >= 0.6 is 11.3 Å². The molecule has 0 radical (unpaired) electrons. The van der Waals surface area contributed by atoms with Gasteiger partial charge in [0.25, 0.3) is 5.69 Å². The molecule has 0 saturated heterocycles. The van der Waals surface area contributed by atoms with Crippen LogP contribution in [0.3, 0.4) is 0 Å². The van der Waals surface area contributed by atoms with Crippen LogP contribution in [0.25, 0.3) is 0 Å². The molecule has 0 aliphatic heterocycles. The first-order chi connectivity index (χ1) is 14.3. The number of nitrogens with zero attached hydrogens (tertiary/aromatic N) is 3. The zero-order valence-electron chi connectivity index (χ0n) is 17.6. The fraction of sp³-hybridized carbons (Fsp3) is 0.304. The molecule has 0 aliphatic carbocycles. The number of thiazole rings is 1. The van der Waals surface area contributed by atoms with Crippen LogP contribution in [-0.4, -0.2) is 22.7 Å². The largest absolute Gasteiger partial charge is 0.494 e. The third-order valence-corrected chi connectivity index (χ3v) is 5.36. The average Bonchev–Trinajstić information content (AvgIpc) is 3.11. The third-order valence-electron chi connectivity index (χ3n) is 4.40. The molecule has 0 spiro atoms. The Balaban J connectivity index is 1.86. The van der Waals surface area contributed by atoms with E-state index in [9.17, 15) is 10.1 Å². The molecule has 156 valence electrons. The Labute approximate surface area is 180 Å². The van der Waals surface area contributed by atoms with Gasteiger partial charge in [-0.1, -0.05) is 56.4 Å². The number of nitro groups is 1. The van der Waals surface area contributed by atoms with E-state index in [-0.39, 0.29) is 11.1 Å². The minimum Gasteiger partial charge on any atom is -0.494 e. The Morgan fingerprint density at radius 2 is 1.93 bits per heavy atom. The molecule has 6 nitrogen and oxygen atoms in total. The van der Waals surface area contributed by atoms with Crippen molar-refractivity contribution in [2.45, 2.75) is 39.5 Å². The zero-order chi connectivity index (χ0) is 21.7. The van der Waals surface area contributed by atoms with E-state index in [2.05, 4.69) is 37.9 Å². The smallest absolute Gasteiger partial charge is 0.270 e. The molecule has 1 heterocycles. The van der Waals surface area contributed by atoms with Crippen molar-refractivity contribution in [1.29, 1.82) is 0 Å². The van der Waals surface area contributed by atoms with Gasteiger partial charge in [0.15, 0.2) is 0 Å². The van der Waals surface area contributed by atoms with Crippen LogP contribution in [0.15, 0.2) is 53.5 Å². The van der Waals surface area contributed by atoms with Gasteiger partial charge in [0.05, 0.1) is 17.2 Å². The Morgan fingerprint density at radius 1 is 1.20 bits per heavy atom. The van der Waals surface area contributed by atoms with Crippen molar-refractivity contribution >= 4 is 28.4 Å². The van der Waals surface area contributed by atoms with Crippen LogP contribution in [0.5, 0.6) is 5.75 Å². The summed E-state index contributed by atoms with van der Waals surface area (Å²) in [5.74, 6) is 0.865. The first kappa shape index (κ1) is 21.6. The molecule has 0 saturated carbocycles. The molecule has 0 fully saturated rings. The maximum Gasteiger partial charge on any atom is 0.270 e. The second-order valence-electron chi connectivity index (χ2n) is 7.88. The average molecular weight is 424 g/mol. The molecular formula is C23H25N3O3S. The number of aromatic nitrogens is 1. The zero-order valence-corrected chi connectivity index (χ0v) is 18.4. The molecule has 0 amide bonds. The van der Waals surface area contributed by atoms with E-state index >= 15 is 0 Å². The summed E-state index contributed by atoms with van der Waals surface area (Å²) >= 11 is 1.55. The molecule has 0 atom stereocenters. The first-order valence-electron chi connectivity index (χ1n) is 9.76. The first-order valence-corrected chi connectivity index (χ1v) is 10.6. The van der Waals surface area contributed by atoms with Crippen molar-refractivity contribution in [3.63, 3.8) is 0 Å². The summed E-state index contributed by atoms with van der Waals surface area (Å²) in [7, 11) is 0. The summed E-state index contributed by atoms with van der Waals surface area (Å²) in [6.07, 6.45) is 2.39. The molecular weight excluding hydrogens is 398 g/mol. The number of ether oxygens (including phenoxy) is 1. The highest BCUT2D eigenvalue weighted by Gasteiger charge is 2.23. The fourth-order valence-electron chi connectivity index (χ4n) is 3.00. The lowest BCUT2D eigenvalue weighted by molar-refractivity contribution is -0.384. The summed E-state index contributed by atoms with van der Waals surface area (Å²) < 4.78 is 5.52. The van der Waals surface area contributed by atoms with Crippen LogP contribution in [-0.2, 0) is 11.8 Å². The van der Waals surface area contributed by atoms with E-state index < -0.39 is 4.92 Å². The molecule has 7 heteroatoms. The van der Waals surface area contributed by atoms with E-state index in [0.29, 0.717) is 17.3 Å². The lowest BCUT2D eigenvalue weighted by Crippen LogP contribution is -2.14. The normalized spacial score (nSPS) is 11.7. The summed E-state index contributed by atoms with van der Waals surface area (Å²) in [6.45, 7) is 9.03. The standard InChI is InChI=1S/C23H25N3O3S/c1-5-29-19-11-9-16(10-12-19)14-20-21(23(2,3)4)25-22(30-20)24-15-17-7-6-8-18(13-17)26(27)28/h6-13,15H,5,14H2,1-4H3/b24-15+. The predicted molar refractivity (Wildman–Crippen MR) is 122 cm³/mol. The molecule has 0 unspecified atom stereocenters. The van der Waals surface area contributed by atoms with E-state index in [1.807, 2.05) is 19.1 Å². The molecule has 0 N–H and O–H groups in total.